The van der Waals surface area contributed by atoms with E-state index in [1.807, 2.05) is 11.8 Å². The van der Waals surface area contributed by atoms with Crippen molar-refractivity contribution in [3.63, 3.8) is 0 Å². The maximum absolute atomic E-state index is 11.0. The average molecular weight is 231 g/mol. The molecule has 0 aromatic rings. The van der Waals surface area contributed by atoms with E-state index in [0.717, 1.165) is 30.8 Å². The molecule has 1 saturated carbocycles. The van der Waals surface area contributed by atoms with Gasteiger partial charge in [0, 0.05) is 6.04 Å². The molecular formula is C11H21NO2S. The lowest BCUT2D eigenvalue weighted by atomic mass is 10.1. The van der Waals surface area contributed by atoms with Gasteiger partial charge in [0.2, 0.25) is 0 Å². The summed E-state index contributed by atoms with van der Waals surface area (Å²) in [5, 5.41) is 12.3. The fourth-order valence-corrected chi connectivity index (χ4v) is 2.44. The van der Waals surface area contributed by atoms with Gasteiger partial charge in [-0.2, -0.15) is 11.8 Å². The summed E-state index contributed by atoms with van der Waals surface area (Å²) in [6.45, 7) is 4.22. The number of aliphatic carboxylic acids is 1. The minimum Gasteiger partial charge on any atom is -0.480 e. The quantitative estimate of drug-likeness (QED) is 0.627. The van der Waals surface area contributed by atoms with Gasteiger partial charge in [-0.05, 0) is 43.6 Å². The Kier molecular flexibility index (Phi) is 5.47. The number of rotatable bonds is 8. The van der Waals surface area contributed by atoms with E-state index in [4.69, 9.17) is 5.11 Å². The minimum absolute atomic E-state index is 0.311. The predicted octanol–water partition coefficient (Wildman–Crippen LogP) is 1.97. The van der Waals surface area contributed by atoms with Gasteiger partial charge in [-0.15, -0.1) is 0 Å². The van der Waals surface area contributed by atoms with Crippen LogP contribution in [0.25, 0.3) is 0 Å². The molecule has 0 spiro atoms. The summed E-state index contributed by atoms with van der Waals surface area (Å²) >= 11 is 1.91. The van der Waals surface area contributed by atoms with Crippen molar-refractivity contribution in [2.24, 2.45) is 5.92 Å². The van der Waals surface area contributed by atoms with Crippen LogP contribution in [0.15, 0.2) is 0 Å². The van der Waals surface area contributed by atoms with E-state index < -0.39 is 5.97 Å². The maximum atomic E-state index is 11.0. The molecule has 4 heteroatoms. The molecule has 0 radical (unpaired) electrons. The van der Waals surface area contributed by atoms with Gasteiger partial charge in [-0.1, -0.05) is 6.92 Å². The van der Waals surface area contributed by atoms with Crippen LogP contribution in [0.4, 0.5) is 0 Å². The first-order valence-corrected chi connectivity index (χ1v) is 6.87. The lowest BCUT2D eigenvalue weighted by molar-refractivity contribution is -0.140. The van der Waals surface area contributed by atoms with E-state index in [0.29, 0.717) is 12.0 Å². The highest BCUT2D eigenvalue weighted by Crippen LogP contribution is 2.33. The third-order valence-corrected chi connectivity index (χ3v) is 3.66. The van der Waals surface area contributed by atoms with E-state index >= 15 is 0 Å². The molecule has 3 nitrogen and oxygen atoms in total. The Morgan fingerprint density at radius 3 is 2.73 bits per heavy atom. The number of carboxylic acids is 1. The van der Waals surface area contributed by atoms with Gasteiger partial charge in [-0.25, -0.2) is 0 Å². The molecule has 0 aliphatic heterocycles. The third kappa shape index (κ3) is 4.89. The number of nitrogens with one attached hydrogen (secondary N) is 1. The molecule has 1 rings (SSSR count). The molecule has 88 valence electrons. The molecule has 0 amide bonds. The summed E-state index contributed by atoms with van der Waals surface area (Å²) in [4.78, 5) is 11.0. The molecule has 0 aromatic heterocycles. The zero-order valence-electron chi connectivity index (χ0n) is 9.53. The Bertz CT molecular complexity index is 207. The van der Waals surface area contributed by atoms with Crippen LogP contribution in [0.2, 0.25) is 0 Å². The largest absolute Gasteiger partial charge is 0.480 e. The molecule has 1 aliphatic rings. The smallest absolute Gasteiger partial charge is 0.320 e. The van der Waals surface area contributed by atoms with Gasteiger partial charge in [0.25, 0.3) is 0 Å². The zero-order valence-corrected chi connectivity index (χ0v) is 10.3. The van der Waals surface area contributed by atoms with E-state index in [1.165, 1.54) is 0 Å². The van der Waals surface area contributed by atoms with Crippen molar-refractivity contribution in [1.82, 2.24) is 5.32 Å². The van der Waals surface area contributed by atoms with Gasteiger partial charge in [0.15, 0.2) is 0 Å². The lowest BCUT2D eigenvalue weighted by Crippen LogP contribution is -2.43. The molecular weight excluding hydrogens is 210 g/mol. The van der Waals surface area contributed by atoms with Crippen molar-refractivity contribution in [2.75, 3.05) is 11.5 Å². The van der Waals surface area contributed by atoms with Crippen molar-refractivity contribution in [3.8, 4) is 0 Å². The normalized spacial score (nSPS) is 19.9. The topological polar surface area (TPSA) is 49.3 Å². The first-order valence-electron chi connectivity index (χ1n) is 5.71. The summed E-state index contributed by atoms with van der Waals surface area (Å²) in [7, 11) is 0. The summed E-state index contributed by atoms with van der Waals surface area (Å²) in [6.07, 6.45) is 3.19. The average Bonchev–Trinajstić information content (AvgIpc) is 2.97. The van der Waals surface area contributed by atoms with Crippen LogP contribution in [-0.4, -0.2) is 34.7 Å². The van der Waals surface area contributed by atoms with Crippen LogP contribution in [-0.2, 0) is 4.79 Å². The molecule has 2 unspecified atom stereocenters. The molecule has 0 aromatic carbocycles. The first kappa shape index (κ1) is 12.8. The summed E-state index contributed by atoms with van der Waals surface area (Å²) in [5.74, 6) is 1.94. The molecule has 2 atom stereocenters. The van der Waals surface area contributed by atoms with Gasteiger partial charge in [-0.3, -0.25) is 4.79 Å². The van der Waals surface area contributed by atoms with Crippen molar-refractivity contribution in [2.45, 2.75) is 45.2 Å². The number of hydrogen-bond acceptors (Lipinski definition) is 3. The van der Waals surface area contributed by atoms with E-state index in [9.17, 15) is 4.79 Å². The monoisotopic (exact) mass is 231 g/mol. The SMILES string of the molecule is CCSCCC(C)NC(C(=O)O)C1CC1. The van der Waals surface area contributed by atoms with E-state index in [-0.39, 0.29) is 6.04 Å². The van der Waals surface area contributed by atoms with Gasteiger partial charge >= 0.3 is 5.97 Å². The highest BCUT2D eigenvalue weighted by atomic mass is 32.2. The van der Waals surface area contributed by atoms with Gasteiger partial charge < -0.3 is 10.4 Å². The summed E-state index contributed by atoms with van der Waals surface area (Å²) in [6, 6.07) is -0.00243. The van der Waals surface area contributed by atoms with Crippen LogP contribution in [0.5, 0.6) is 0 Å². The van der Waals surface area contributed by atoms with Gasteiger partial charge in [0.05, 0.1) is 0 Å². The van der Waals surface area contributed by atoms with E-state index in [2.05, 4.69) is 19.2 Å². The van der Waals surface area contributed by atoms with Crippen LogP contribution in [0.3, 0.4) is 0 Å². The van der Waals surface area contributed by atoms with Crippen molar-refractivity contribution in [3.05, 3.63) is 0 Å². The predicted molar refractivity (Wildman–Crippen MR) is 64.4 cm³/mol. The first-order chi connectivity index (χ1) is 7.15. The van der Waals surface area contributed by atoms with Gasteiger partial charge in [0.1, 0.15) is 6.04 Å². The molecule has 15 heavy (non-hydrogen) atoms. The number of hydrogen-bond donors (Lipinski definition) is 2. The Morgan fingerprint density at radius 2 is 2.27 bits per heavy atom. The zero-order chi connectivity index (χ0) is 11.3. The molecule has 1 fully saturated rings. The van der Waals surface area contributed by atoms with Crippen LogP contribution in [0, 0.1) is 5.92 Å². The Hall–Kier alpha value is -0.220. The lowest BCUT2D eigenvalue weighted by Gasteiger charge is -2.19. The molecule has 0 heterocycles. The second-order valence-electron chi connectivity index (χ2n) is 4.21. The van der Waals surface area contributed by atoms with Crippen molar-refractivity contribution in [1.29, 1.82) is 0 Å². The van der Waals surface area contributed by atoms with Crippen molar-refractivity contribution < 1.29 is 9.90 Å². The van der Waals surface area contributed by atoms with Crippen LogP contribution < -0.4 is 5.32 Å². The molecule has 2 N–H and O–H groups in total. The second kappa shape index (κ2) is 6.38. The Balaban J connectivity index is 2.21. The molecule has 0 bridgehead atoms. The fourth-order valence-electron chi connectivity index (χ4n) is 1.63. The highest BCUT2D eigenvalue weighted by Gasteiger charge is 2.36. The molecule has 1 aliphatic carbocycles. The Labute approximate surface area is 96.0 Å². The second-order valence-corrected chi connectivity index (χ2v) is 5.60. The number of thioether (sulfide) groups is 1. The van der Waals surface area contributed by atoms with Crippen LogP contribution in [0.1, 0.15) is 33.1 Å². The fraction of sp³-hybridized carbons (Fsp3) is 0.909. The molecule has 0 saturated heterocycles. The summed E-state index contributed by atoms with van der Waals surface area (Å²) in [5.41, 5.74) is 0. The van der Waals surface area contributed by atoms with E-state index in [1.54, 1.807) is 0 Å². The number of carboxylic acid groups (broad SMARTS) is 1. The Morgan fingerprint density at radius 1 is 1.60 bits per heavy atom. The van der Waals surface area contributed by atoms with Crippen LogP contribution >= 0.6 is 11.8 Å². The number of carbonyl (C=O) groups is 1. The maximum Gasteiger partial charge on any atom is 0.320 e. The van der Waals surface area contributed by atoms with Crippen molar-refractivity contribution >= 4 is 17.7 Å². The highest BCUT2D eigenvalue weighted by molar-refractivity contribution is 7.99. The summed E-state index contributed by atoms with van der Waals surface area (Å²) < 4.78 is 0. The third-order valence-electron chi connectivity index (χ3n) is 2.72. The minimum atomic E-state index is -0.688. The standard InChI is InChI=1S/C11H21NO2S/c1-3-15-7-6-8(2)12-10(11(13)14)9-4-5-9/h8-10,12H,3-7H2,1-2H3,(H,13,14).